The van der Waals surface area contributed by atoms with Gasteiger partial charge in [-0.15, -0.1) is 11.6 Å². The molecule has 6 heteroatoms. The van der Waals surface area contributed by atoms with E-state index in [9.17, 15) is 12.8 Å². The number of sulfonamides is 1. The number of hydrogen-bond acceptors (Lipinski definition) is 2. The van der Waals surface area contributed by atoms with E-state index in [4.69, 9.17) is 11.6 Å². The smallest absolute Gasteiger partial charge is 0.207 e. The number of benzene rings is 1. The number of rotatable bonds is 4. The molecule has 0 aromatic heterocycles. The first-order chi connectivity index (χ1) is 9.98. The van der Waals surface area contributed by atoms with Gasteiger partial charge in [-0.1, -0.05) is 13.3 Å². The Morgan fingerprint density at radius 3 is 2.76 bits per heavy atom. The highest BCUT2D eigenvalue weighted by molar-refractivity contribution is 7.89. The van der Waals surface area contributed by atoms with Crippen molar-refractivity contribution < 1.29 is 12.8 Å². The number of nitrogens with zero attached hydrogens (tertiary/aromatic N) is 1. The molecule has 1 aromatic rings. The summed E-state index contributed by atoms with van der Waals surface area (Å²) in [5.74, 6) is 0.0929. The van der Waals surface area contributed by atoms with Crippen LogP contribution in [0.2, 0.25) is 0 Å². The Bertz CT molecular complexity index is 591. The molecule has 1 fully saturated rings. The highest BCUT2D eigenvalue weighted by Crippen LogP contribution is 2.26. The maximum Gasteiger partial charge on any atom is 0.243 e. The predicted octanol–water partition coefficient (Wildman–Crippen LogP) is 3.77. The molecule has 1 heterocycles. The molecule has 1 saturated heterocycles. The van der Waals surface area contributed by atoms with Gasteiger partial charge in [0, 0.05) is 18.7 Å². The van der Waals surface area contributed by atoms with Gasteiger partial charge in [0.2, 0.25) is 10.0 Å². The van der Waals surface area contributed by atoms with E-state index in [1.54, 1.807) is 0 Å². The Morgan fingerprint density at radius 1 is 1.33 bits per heavy atom. The summed E-state index contributed by atoms with van der Waals surface area (Å²) in [4.78, 5) is 0.134. The molecule has 0 spiro atoms. The summed E-state index contributed by atoms with van der Waals surface area (Å²) in [6.45, 7) is 3.21. The molecule has 0 saturated carbocycles. The molecule has 21 heavy (non-hydrogen) atoms. The average Bonchev–Trinajstić information content (AvgIpc) is 2.73. The van der Waals surface area contributed by atoms with Gasteiger partial charge in [0.05, 0.1) is 10.8 Å². The minimum Gasteiger partial charge on any atom is -0.207 e. The summed E-state index contributed by atoms with van der Waals surface area (Å²) in [6, 6.07) is 3.85. The summed E-state index contributed by atoms with van der Waals surface area (Å²) >= 11 is 5.66. The van der Waals surface area contributed by atoms with Crippen LogP contribution in [0.5, 0.6) is 0 Å². The second-order valence-corrected chi connectivity index (χ2v) is 7.70. The van der Waals surface area contributed by atoms with Gasteiger partial charge in [0.25, 0.3) is 0 Å². The molecule has 0 N–H and O–H groups in total. The van der Waals surface area contributed by atoms with E-state index in [0.717, 1.165) is 25.7 Å². The van der Waals surface area contributed by atoms with Gasteiger partial charge in [-0.3, -0.25) is 0 Å². The first kappa shape index (κ1) is 16.7. The zero-order chi connectivity index (χ0) is 15.5. The summed E-state index contributed by atoms with van der Waals surface area (Å²) in [5.41, 5.74) is 0.221. The number of hydrogen-bond donors (Lipinski definition) is 0. The monoisotopic (exact) mass is 333 g/mol. The molecule has 0 bridgehead atoms. The maximum absolute atomic E-state index is 13.5. The molecular weight excluding hydrogens is 313 g/mol. The van der Waals surface area contributed by atoms with Gasteiger partial charge in [0.15, 0.2) is 0 Å². The van der Waals surface area contributed by atoms with Crippen molar-refractivity contribution in [1.29, 1.82) is 0 Å². The van der Waals surface area contributed by atoms with Gasteiger partial charge >= 0.3 is 0 Å². The molecule has 1 unspecified atom stereocenters. The molecule has 0 aliphatic carbocycles. The second kappa shape index (κ2) is 7.07. The Hall–Kier alpha value is -0.650. The van der Waals surface area contributed by atoms with E-state index in [0.29, 0.717) is 19.0 Å². The van der Waals surface area contributed by atoms with Gasteiger partial charge in [-0.05, 0) is 43.4 Å². The zero-order valence-corrected chi connectivity index (χ0v) is 13.8. The third-order valence-electron chi connectivity index (χ3n) is 4.18. The Kier molecular flexibility index (Phi) is 5.63. The van der Waals surface area contributed by atoms with Crippen LogP contribution in [0.3, 0.4) is 0 Å². The van der Waals surface area contributed by atoms with Crippen molar-refractivity contribution in [2.24, 2.45) is 5.92 Å². The van der Waals surface area contributed by atoms with Crippen LogP contribution in [-0.2, 0) is 15.9 Å². The number of alkyl halides is 1. The van der Waals surface area contributed by atoms with E-state index in [1.165, 1.54) is 22.5 Å². The molecule has 2 rings (SSSR count). The molecule has 0 radical (unpaired) electrons. The normalized spacial score (nSPS) is 21.2. The summed E-state index contributed by atoms with van der Waals surface area (Å²) in [7, 11) is -3.56. The summed E-state index contributed by atoms with van der Waals surface area (Å²) < 4.78 is 40.3. The minimum absolute atomic E-state index is 0.0346. The standard InChI is InChI=1S/C15H21ClFNO2S/c1-2-12-4-3-8-18(9-7-12)21(19,20)14-5-6-15(17)13(10-14)11-16/h5-6,10,12H,2-4,7-9,11H2,1H3. The first-order valence-electron chi connectivity index (χ1n) is 7.33. The lowest BCUT2D eigenvalue weighted by atomic mass is 9.98. The highest BCUT2D eigenvalue weighted by Gasteiger charge is 2.27. The molecule has 1 aliphatic heterocycles. The zero-order valence-electron chi connectivity index (χ0n) is 12.2. The van der Waals surface area contributed by atoms with Gasteiger partial charge in [-0.25, -0.2) is 12.8 Å². The fraction of sp³-hybridized carbons (Fsp3) is 0.600. The van der Waals surface area contributed by atoms with Crippen LogP contribution in [0.25, 0.3) is 0 Å². The summed E-state index contributed by atoms with van der Waals surface area (Å²) in [5, 5.41) is 0. The largest absolute Gasteiger partial charge is 0.243 e. The topological polar surface area (TPSA) is 37.4 Å². The average molecular weight is 334 g/mol. The van der Waals surface area contributed by atoms with Crippen LogP contribution in [0, 0.1) is 11.7 Å². The molecule has 118 valence electrons. The Morgan fingerprint density at radius 2 is 2.10 bits per heavy atom. The van der Waals surface area contributed by atoms with Crippen LogP contribution >= 0.6 is 11.6 Å². The van der Waals surface area contributed by atoms with Crippen molar-refractivity contribution in [2.45, 2.75) is 43.4 Å². The lowest BCUT2D eigenvalue weighted by molar-refractivity contribution is 0.407. The van der Waals surface area contributed by atoms with Gasteiger partial charge < -0.3 is 0 Å². The van der Waals surface area contributed by atoms with E-state index in [-0.39, 0.29) is 16.3 Å². The van der Waals surface area contributed by atoms with Crippen LogP contribution in [-0.4, -0.2) is 25.8 Å². The lowest BCUT2D eigenvalue weighted by Crippen LogP contribution is -2.32. The van der Waals surface area contributed by atoms with Crippen molar-refractivity contribution in [2.75, 3.05) is 13.1 Å². The molecule has 3 nitrogen and oxygen atoms in total. The predicted molar refractivity (Wildman–Crippen MR) is 82.3 cm³/mol. The molecule has 1 aliphatic rings. The van der Waals surface area contributed by atoms with Gasteiger partial charge in [-0.2, -0.15) is 4.31 Å². The Balaban J connectivity index is 2.25. The highest BCUT2D eigenvalue weighted by atomic mass is 35.5. The van der Waals surface area contributed by atoms with Gasteiger partial charge in [0.1, 0.15) is 5.82 Å². The van der Waals surface area contributed by atoms with Crippen molar-refractivity contribution >= 4 is 21.6 Å². The van der Waals surface area contributed by atoms with Crippen LogP contribution < -0.4 is 0 Å². The van der Waals surface area contributed by atoms with Crippen LogP contribution in [0.1, 0.15) is 38.2 Å². The third-order valence-corrected chi connectivity index (χ3v) is 6.37. The van der Waals surface area contributed by atoms with Crippen LogP contribution in [0.15, 0.2) is 23.1 Å². The quantitative estimate of drug-likeness (QED) is 0.787. The van der Waals surface area contributed by atoms with Crippen molar-refractivity contribution in [1.82, 2.24) is 4.31 Å². The van der Waals surface area contributed by atoms with E-state index < -0.39 is 15.8 Å². The third kappa shape index (κ3) is 3.76. The van der Waals surface area contributed by atoms with Crippen molar-refractivity contribution in [3.63, 3.8) is 0 Å². The van der Waals surface area contributed by atoms with E-state index in [1.807, 2.05) is 0 Å². The SMILES string of the molecule is CCC1CCCN(S(=O)(=O)c2ccc(F)c(CCl)c2)CC1. The lowest BCUT2D eigenvalue weighted by Gasteiger charge is -2.20. The van der Waals surface area contributed by atoms with Crippen molar-refractivity contribution in [3.8, 4) is 0 Å². The summed E-state index contributed by atoms with van der Waals surface area (Å²) in [6.07, 6.45) is 3.92. The van der Waals surface area contributed by atoms with Crippen molar-refractivity contribution in [3.05, 3.63) is 29.6 Å². The fourth-order valence-electron chi connectivity index (χ4n) is 2.75. The number of halogens is 2. The molecule has 1 aromatic carbocycles. The molecule has 0 amide bonds. The van der Waals surface area contributed by atoms with Crippen LogP contribution in [0.4, 0.5) is 4.39 Å². The first-order valence-corrected chi connectivity index (χ1v) is 9.31. The Labute approximate surface area is 131 Å². The fourth-order valence-corrected chi connectivity index (χ4v) is 4.50. The molecule has 1 atom stereocenters. The minimum atomic E-state index is -3.56. The van der Waals surface area contributed by atoms with E-state index >= 15 is 0 Å². The van der Waals surface area contributed by atoms with E-state index in [2.05, 4.69) is 6.92 Å². The second-order valence-electron chi connectivity index (χ2n) is 5.50. The maximum atomic E-state index is 13.5. The molecular formula is C15H21ClFNO2S.